The Hall–Kier alpha value is -2.72. The number of carboxylic acid groups (broad SMARTS) is 1. The van der Waals surface area contributed by atoms with E-state index in [1.54, 1.807) is 18.2 Å². The second-order valence-corrected chi connectivity index (χ2v) is 4.14. The highest BCUT2D eigenvalue weighted by Gasteiger charge is 2.15. The van der Waals surface area contributed by atoms with Crippen LogP contribution in [0, 0.1) is 34.0 Å². The third kappa shape index (κ3) is 3.18. The Bertz CT molecular complexity index is 696. The zero-order valence-electron chi connectivity index (χ0n) is 9.61. The topological polar surface area (TPSA) is 121 Å². The maximum atomic E-state index is 10.8. The van der Waals surface area contributed by atoms with Crippen LogP contribution in [0.4, 0.5) is 5.69 Å². The Kier molecular flexibility index (Phi) is 4.94. The summed E-state index contributed by atoms with van der Waals surface area (Å²) in [7, 11) is 0. The molecule has 0 aliphatic heterocycles. The molecule has 0 radical (unpaired) electrons. The van der Waals surface area contributed by atoms with Crippen LogP contribution in [0.2, 0.25) is 10.0 Å². The number of nitrogens with one attached hydrogen (secondary N) is 1. The van der Waals surface area contributed by atoms with Crippen LogP contribution in [0.15, 0.2) is 23.4 Å². The summed E-state index contributed by atoms with van der Waals surface area (Å²) in [5.74, 6) is -1.22. The highest BCUT2D eigenvalue weighted by atomic mass is 35.5. The number of rotatable bonds is 3. The lowest BCUT2D eigenvalue weighted by molar-refractivity contribution is 0.0697. The number of hydrogen-bond donors (Lipinski definition) is 2. The molecular weight excluding hydrogens is 303 g/mol. The quantitative estimate of drug-likeness (QED) is 0.828. The van der Waals surface area contributed by atoms with Gasteiger partial charge in [-0.25, -0.2) is 4.79 Å². The van der Waals surface area contributed by atoms with Crippen LogP contribution in [0.1, 0.15) is 10.4 Å². The van der Waals surface area contributed by atoms with E-state index in [0.29, 0.717) is 0 Å². The molecule has 1 aromatic rings. The first-order valence-corrected chi connectivity index (χ1v) is 5.64. The van der Waals surface area contributed by atoms with Gasteiger partial charge in [0.2, 0.25) is 0 Å². The second-order valence-electron chi connectivity index (χ2n) is 3.33. The fourth-order valence-corrected chi connectivity index (χ4v) is 1.81. The van der Waals surface area contributed by atoms with Gasteiger partial charge in [0.25, 0.3) is 0 Å². The van der Waals surface area contributed by atoms with Crippen molar-refractivity contribution in [3.8, 4) is 18.2 Å². The van der Waals surface area contributed by atoms with E-state index in [-0.39, 0.29) is 27.0 Å². The zero-order chi connectivity index (χ0) is 15.3. The highest BCUT2D eigenvalue weighted by Crippen LogP contribution is 2.33. The molecule has 6 nitrogen and oxygen atoms in total. The molecule has 0 atom stereocenters. The van der Waals surface area contributed by atoms with E-state index >= 15 is 0 Å². The molecule has 0 saturated heterocycles. The summed E-state index contributed by atoms with van der Waals surface area (Å²) in [6.07, 6.45) is 0. The number of nitrogens with zero attached hydrogens (tertiary/aromatic N) is 3. The van der Waals surface area contributed by atoms with E-state index in [9.17, 15) is 4.79 Å². The monoisotopic (exact) mass is 306 g/mol. The number of aromatic carboxylic acids is 1. The Morgan fingerprint density at radius 3 is 1.95 bits per heavy atom. The predicted octanol–water partition coefficient (Wildman–Crippen LogP) is 2.93. The smallest absolute Gasteiger partial charge is 0.335 e. The molecule has 0 unspecified atom stereocenters. The number of carboxylic acids is 1. The Morgan fingerprint density at radius 2 is 1.60 bits per heavy atom. The first-order valence-electron chi connectivity index (χ1n) is 4.88. The summed E-state index contributed by atoms with van der Waals surface area (Å²) in [5.41, 5.74) is -0.865. The van der Waals surface area contributed by atoms with Gasteiger partial charge in [0.15, 0.2) is 5.57 Å². The summed E-state index contributed by atoms with van der Waals surface area (Å²) in [6.45, 7) is 0. The molecule has 0 fully saturated rings. The number of anilines is 1. The number of halogens is 2. The standard InChI is InChI=1S/C12H4Cl2N4O2/c13-8-1-6(12(19)20)2-9(14)11(8)18-10(5-17)7(3-15)4-16/h1-2,18H,(H,19,20). The van der Waals surface area contributed by atoms with Gasteiger partial charge < -0.3 is 10.4 Å². The van der Waals surface area contributed by atoms with E-state index in [1.807, 2.05) is 0 Å². The van der Waals surface area contributed by atoms with Gasteiger partial charge in [-0.3, -0.25) is 0 Å². The van der Waals surface area contributed by atoms with Crippen molar-refractivity contribution in [3.05, 3.63) is 39.0 Å². The molecule has 0 amide bonds. The van der Waals surface area contributed by atoms with Gasteiger partial charge in [-0.15, -0.1) is 0 Å². The lowest BCUT2D eigenvalue weighted by Gasteiger charge is -2.10. The van der Waals surface area contributed by atoms with Crippen molar-refractivity contribution in [1.29, 1.82) is 15.8 Å². The Morgan fingerprint density at radius 1 is 1.10 bits per heavy atom. The fourth-order valence-electron chi connectivity index (χ4n) is 1.22. The predicted molar refractivity (Wildman–Crippen MR) is 70.9 cm³/mol. The molecule has 2 N–H and O–H groups in total. The molecule has 8 heteroatoms. The molecule has 0 aromatic heterocycles. The molecule has 0 saturated carbocycles. The van der Waals surface area contributed by atoms with Crippen molar-refractivity contribution >= 4 is 34.9 Å². The normalized spacial score (nSPS) is 8.75. The van der Waals surface area contributed by atoms with Gasteiger partial charge >= 0.3 is 5.97 Å². The van der Waals surface area contributed by atoms with Crippen LogP contribution in [0.5, 0.6) is 0 Å². The molecule has 98 valence electrons. The molecule has 0 aliphatic carbocycles. The second kappa shape index (κ2) is 6.45. The molecule has 0 bridgehead atoms. The summed E-state index contributed by atoms with van der Waals surface area (Å²) in [5, 5.41) is 37.5. The lowest BCUT2D eigenvalue weighted by atomic mass is 10.2. The molecular formula is C12H4Cl2N4O2. The number of benzene rings is 1. The Balaban J connectivity index is 3.35. The van der Waals surface area contributed by atoms with Crippen molar-refractivity contribution in [2.24, 2.45) is 0 Å². The van der Waals surface area contributed by atoms with Crippen LogP contribution >= 0.6 is 23.2 Å². The van der Waals surface area contributed by atoms with Gasteiger partial charge in [-0.1, -0.05) is 23.2 Å². The summed E-state index contributed by atoms with van der Waals surface area (Å²) >= 11 is 11.7. The van der Waals surface area contributed by atoms with Crippen LogP contribution in [0.3, 0.4) is 0 Å². The van der Waals surface area contributed by atoms with Gasteiger partial charge in [0.05, 0.1) is 21.3 Å². The van der Waals surface area contributed by atoms with Crippen molar-refractivity contribution in [1.82, 2.24) is 0 Å². The first kappa shape index (κ1) is 15.3. The SMILES string of the molecule is N#CC(C#N)=C(C#N)Nc1c(Cl)cc(C(=O)O)cc1Cl. The molecule has 0 spiro atoms. The van der Waals surface area contributed by atoms with E-state index in [0.717, 1.165) is 12.1 Å². The summed E-state index contributed by atoms with van der Waals surface area (Å²) in [6, 6.07) is 6.98. The van der Waals surface area contributed by atoms with Crippen LogP contribution in [-0.4, -0.2) is 11.1 Å². The van der Waals surface area contributed by atoms with Crippen molar-refractivity contribution < 1.29 is 9.90 Å². The van der Waals surface area contributed by atoms with E-state index < -0.39 is 11.5 Å². The maximum absolute atomic E-state index is 10.8. The number of nitriles is 3. The fraction of sp³-hybridized carbons (Fsp3) is 0. The zero-order valence-corrected chi connectivity index (χ0v) is 11.1. The molecule has 1 rings (SSSR count). The van der Waals surface area contributed by atoms with E-state index in [1.165, 1.54) is 0 Å². The minimum Gasteiger partial charge on any atom is -0.478 e. The minimum atomic E-state index is -1.22. The third-order valence-corrected chi connectivity index (χ3v) is 2.72. The van der Waals surface area contributed by atoms with Crippen LogP contribution in [0.25, 0.3) is 0 Å². The first-order chi connectivity index (χ1) is 9.44. The van der Waals surface area contributed by atoms with Crippen molar-refractivity contribution in [3.63, 3.8) is 0 Å². The van der Waals surface area contributed by atoms with Crippen molar-refractivity contribution in [2.45, 2.75) is 0 Å². The van der Waals surface area contributed by atoms with Crippen LogP contribution < -0.4 is 5.32 Å². The largest absolute Gasteiger partial charge is 0.478 e. The molecule has 0 aliphatic rings. The van der Waals surface area contributed by atoms with E-state index in [4.69, 9.17) is 44.1 Å². The number of allylic oxidation sites excluding steroid dienone is 2. The Labute approximate surface area is 123 Å². The molecule has 1 aromatic carbocycles. The summed E-state index contributed by atoms with van der Waals surface area (Å²) in [4.78, 5) is 10.8. The average molecular weight is 307 g/mol. The van der Waals surface area contributed by atoms with Gasteiger partial charge in [0.1, 0.15) is 23.9 Å². The number of carbonyl (C=O) groups is 1. The highest BCUT2D eigenvalue weighted by molar-refractivity contribution is 6.39. The van der Waals surface area contributed by atoms with E-state index in [2.05, 4.69) is 5.32 Å². The van der Waals surface area contributed by atoms with Gasteiger partial charge in [-0.2, -0.15) is 15.8 Å². The summed E-state index contributed by atoms with van der Waals surface area (Å²) < 4.78 is 0. The van der Waals surface area contributed by atoms with Gasteiger partial charge in [0, 0.05) is 0 Å². The maximum Gasteiger partial charge on any atom is 0.335 e. The lowest BCUT2D eigenvalue weighted by Crippen LogP contribution is -2.04. The molecule has 20 heavy (non-hydrogen) atoms. The van der Waals surface area contributed by atoms with Crippen LogP contribution in [-0.2, 0) is 0 Å². The molecule has 0 heterocycles. The van der Waals surface area contributed by atoms with Gasteiger partial charge in [-0.05, 0) is 12.1 Å². The van der Waals surface area contributed by atoms with Crippen molar-refractivity contribution in [2.75, 3.05) is 5.32 Å². The number of hydrogen-bond acceptors (Lipinski definition) is 5. The third-order valence-electron chi connectivity index (χ3n) is 2.12. The minimum absolute atomic E-state index is 0.0397. The average Bonchev–Trinajstić information content (AvgIpc) is 2.41.